The van der Waals surface area contributed by atoms with Crippen molar-refractivity contribution >= 4 is 37.8 Å². The van der Waals surface area contributed by atoms with Crippen LogP contribution in [0, 0.1) is 11.3 Å². The fourth-order valence-electron chi connectivity index (χ4n) is 5.24. The molecule has 1 aromatic rings. The van der Waals surface area contributed by atoms with Crippen LogP contribution in [0.1, 0.15) is 75.2 Å². The summed E-state index contributed by atoms with van der Waals surface area (Å²) >= 11 is 7.71. The number of aromatic hydroxyl groups is 1. The quantitative estimate of drug-likeness (QED) is 0.215. The lowest BCUT2D eigenvalue weighted by Crippen LogP contribution is -2.44. The Morgan fingerprint density at radius 2 is 1.85 bits per heavy atom. The molecular weight excluding hydrogens is 548 g/mol. The van der Waals surface area contributed by atoms with Crippen LogP contribution < -0.4 is 0 Å². The largest absolute Gasteiger partial charge is 0.508 e. The van der Waals surface area contributed by atoms with Crippen molar-refractivity contribution in [1.82, 2.24) is 0 Å². The number of cyclic esters (lactones) is 1. The normalized spacial score (nSPS) is 36.2. The number of alkyl halides is 2. The van der Waals surface area contributed by atoms with Crippen LogP contribution in [0.5, 0.6) is 5.75 Å². The van der Waals surface area contributed by atoms with Crippen LogP contribution >= 0.6 is 31.9 Å². The highest BCUT2D eigenvalue weighted by molar-refractivity contribution is 9.09. The molecule has 2 bridgehead atoms. The Morgan fingerprint density at radius 1 is 1.15 bits per heavy atom. The zero-order valence-electron chi connectivity index (χ0n) is 19.9. The van der Waals surface area contributed by atoms with Gasteiger partial charge in [-0.25, -0.2) is 4.79 Å². The molecular formula is C27H36Br2O4. The summed E-state index contributed by atoms with van der Waals surface area (Å²) in [5, 5.41) is 21.9. The van der Waals surface area contributed by atoms with Gasteiger partial charge in [-0.2, -0.15) is 0 Å². The summed E-state index contributed by atoms with van der Waals surface area (Å²) in [4.78, 5) is 13.2. The first-order valence-electron chi connectivity index (χ1n) is 11.7. The van der Waals surface area contributed by atoms with Gasteiger partial charge in [0.2, 0.25) is 0 Å². The van der Waals surface area contributed by atoms with E-state index in [-0.39, 0.29) is 21.9 Å². The fraction of sp³-hybridized carbons (Fsp3) is 0.593. The second-order valence-electron chi connectivity index (χ2n) is 10.4. The minimum Gasteiger partial charge on any atom is -0.508 e. The number of esters is 1. The minimum absolute atomic E-state index is 0.110. The van der Waals surface area contributed by atoms with Crippen LogP contribution in [-0.2, 0) is 11.2 Å². The van der Waals surface area contributed by atoms with E-state index in [9.17, 15) is 15.0 Å². The van der Waals surface area contributed by atoms with E-state index in [1.54, 1.807) is 18.2 Å². The molecule has 2 N–H and O–H groups in total. The first kappa shape index (κ1) is 26.5. The molecule has 0 unspecified atom stereocenters. The third kappa shape index (κ3) is 5.76. The third-order valence-electron chi connectivity index (χ3n) is 7.79. The van der Waals surface area contributed by atoms with Crippen LogP contribution in [-0.4, -0.2) is 37.5 Å². The van der Waals surface area contributed by atoms with Crippen LogP contribution in [0.4, 0.5) is 0 Å². The standard InChI is InChI=1S/C27H36Br2O4/c1-16(2)22-10-13-27(5,32)24(29)11-12-26(4)20(17(3)6-9-23(26)28)15-19-14-18(25(31)33-22)7-8-21(19)30/h7-8,14,20,22-24,30,32H,1,3,6,9-13,15H2,2,4-5H3/t20-,22+,23+,24-,26+,27+/m1/s1. The number of hydrogen-bond donors (Lipinski definition) is 2. The van der Waals surface area contributed by atoms with E-state index < -0.39 is 17.7 Å². The summed E-state index contributed by atoms with van der Waals surface area (Å²) in [5.41, 5.74) is 1.98. The molecule has 0 aromatic heterocycles. The van der Waals surface area contributed by atoms with E-state index in [0.29, 0.717) is 29.7 Å². The van der Waals surface area contributed by atoms with Gasteiger partial charge in [0.1, 0.15) is 11.9 Å². The van der Waals surface area contributed by atoms with Crippen molar-refractivity contribution in [3.8, 4) is 5.75 Å². The summed E-state index contributed by atoms with van der Waals surface area (Å²) in [6.45, 7) is 14.3. The Kier molecular flexibility index (Phi) is 8.23. The second kappa shape index (κ2) is 10.2. The Hall–Kier alpha value is -1.11. The van der Waals surface area contributed by atoms with Gasteiger partial charge in [0, 0.05) is 9.65 Å². The Bertz CT molecular complexity index is 925. The number of carbonyl (C=O) groups excluding carboxylic acids is 1. The van der Waals surface area contributed by atoms with Gasteiger partial charge < -0.3 is 14.9 Å². The summed E-state index contributed by atoms with van der Waals surface area (Å²) in [5.74, 6) is -0.135. The number of ether oxygens (including phenoxy) is 1. The predicted molar refractivity (Wildman–Crippen MR) is 140 cm³/mol. The van der Waals surface area contributed by atoms with Crippen LogP contribution in [0.15, 0.2) is 42.5 Å². The van der Waals surface area contributed by atoms with Gasteiger partial charge in [0.15, 0.2) is 0 Å². The SMILES string of the molecule is C=C(C)[C@@H]1CC[C@](C)(O)[C@H](Br)CC[C@@]2(C)[C@H](Cc3cc(ccc3O)C(=O)O1)C(=C)CC[C@@H]2Br. The van der Waals surface area contributed by atoms with Crippen LogP contribution in [0.2, 0.25) is 0 Å². The Balaban J connectivity index is 2.05. The molecule has 1 fully saturated rings. The topological polar surface area (TPSA) is 66.8 Å². The maximum absolute atomic E-state index is 13.0. The van der Waals surface area contributed by atoms with E-state index in [1.165, 1.54) is 5.57 Å². The average molecular weight is 584 g/mol. The molecule has 0 amide bonds. The number of halogens is 2. The molecule has 0 radical (unpaired) electrons. The lowest BCUT2D eigenvalue weighted by Gasteiger charge is -2.48. The van der Waals surface area contributed by atoms with E-state index in [2.05, 4.69) is 51.9 Å². The number of rotatable bonds is 1. The summed E-state index contributed by atoms with van der Waals surface area (Å²) < 4.78 is 5.79. The number of hydrogen-bond acceptors (Lipinski definition) is 4. The second-order valence-corrected chi connectivity index (χ2v) is 12.6. The molecule has 33 heavy (non-hydrogen) atoms. The average Bonchev–Trinajstić information content (AvgIpc) is 2.75. The predicted octanol–water partition coefficient (Wildman–Crippen LogP) is 6.86. The number of carbonyl (C=O) groups is 1. The van der Waals surface area contributed by atoms with Crippen molar-refractivity contribution in [2.75, 3.05) is 0 Å². The molecule has 3 rings (SSSR count). The van der Waals surface area contributed by atoms with Gasteiger partial charge >= 0.3 is 5.97 Å². The fourth-order valence-corrected chi connectivity index (χ4v) is 6.47. The number of aliphatic hydroxyl groups is 1. The van der Waals surface area contributed by atoms with Crippen LogP contribution in [0.25, 0.3) is 0 Å². The molecule has 2 aliphatic rings. The van der Waals surface area contributed by atoms with E-state index in [1.807, 2.05) is 13.8 Å². The van der Waals surface area contributed by atoms with Gasteiger partial charge in [-0.15, -0.1) is 0 Å². The molecule has 0 saturated heterocycles. The van der Waals surface area contributed by atoms with Crippen molar-refractivity contribution in [2.45, 2.75) is 87.1 Å². The molecule has 1 heterocycles. The highest BCUT2D eigenvalue weighted by Gasteiger charge is 2.45. The molecule has 0 spiro atoms. The summed E-state index contributed by atoms with van der Waals surface area (Å²) in [7, 11) is 0. The summed E-state index contributed by atoms with van der Waals surface area (Å²) in [6.07, 6.45) is 4.67. The molecule has 1 aliphatic heterocycles. The van der Waals surface area contributed by atoms with Gasteiger partial charge in [-0.1, -0.05) is 57.5 Å². The first-order chi connectivity index (χ1) is 15.3. The van der Waals surface area contributed by atoms with Gasteiger partial charge in [-0.05, 0) is 99.5 Å². The van der Waals surface area contributed by atoms with Crippen molar-refractivity contribution in [1.29, 1.82) is 0 Å². The van der Waals surface area contributed by atoms with Gasteiger partial charge in [-0.3, -0.25) is 0 Å². The number of phenols is 1. The number of fused-ring (bicyclic) bond motifs is 3. The minimum atomic E-state index is -0.963. The van der Waals surface area contributed by atoms with Crippen molar-refractivity contribution < 1.29 is 19.7 Å². The molecule has 6 atom stereocenters. The van der Waals surface area contributed by atoms with Gasteiger partial charge in [0.05, 0.1) is 11.2 Å². The molecule has 6 heteroatoms. The first-order valence-corrected chi connectivity index (χ1v) is 13.5. The van der Waals surface area contributed by atoms with E-state index >= 15 is 0 Å². The lowest BCUT2D eigenvalue weighted by molar-refractivity contribution is 0.0132. The van der Waals surface area contributed by atoms with Crippen molar-refractivity contribution in [3.63, 3.8) is 0 Å². The highest BCUT2D eigenvalue weighted by Crippen LogP contribution is 2.52. The maximum atomic E-state index is 13.0. The van der Waals surface area contributed by atoms with Crippen molar-refractivity contribution in [2.24, 2.45) is 11.3 Å². The molecule has 1 aromatic carbocycles. The lowest BCUT2D eigenvalue weighted by atomic mass is 9.61. The van der Waals surface area contributed by atoms with E-state index in [4.69, 9.17) is 4.74 Å². The number of benzene rings is 1. The monoisotopic (exact) mass is 582 g/mol. The Morgan fingerprint density at radius 3 is 2.52 bits per heavy atom. The summed E-state index contributed by atoms with van der Waals surface area (Å²) in [6, 6.07) is 4.93. The third-order valence-corrected chi connectivity index (χ3v) is 10.7. The number of phenolic OH excluding ortho intramolecular Hbond substituents is 1. The molecule has 182 valence electrons. The van der Waals surface area contributed by atoms with Crippen LogP contribution in [0.3, 0.4) is 0 Å². The molecule has 4 nitrogen and oxygen atoms in total. The smallest absolute Gasteiger partial charge is 0.338 e. The molecule has 1 saturated carbocycles. The highest BCUT2D eigenvalue weighted by atomic mass is 79.9. The zero-order chi connectivity index (χ0) is 24.6. The van der Waals surface area contributed by atoms with Gasteiger partial charge in [0.25, 0.3) is 0 Å². The van der Waals surface area contributed by atoms with Crippen molar-refractivity contribution in [3.05, 3.63) is 53.6 Å². The maximum Gasteiger partial charge on any atom is 0.338 e. The Labute approximate surface area is 214 Å². The zero-order valence-corrected chi connectivity index (χ0v) is 23.0. The van der Waals surface area contributed by atoms with E-state index in [0.717, 1.165) is 36.8 Å². The number of allylic oxidation sites excluding steroid dienone is 1. The molecule has 1 aliphatic carbocycles.